The molecule has 29 heavy (non-hydrogen) atoms. The smallest absolute Gasteiger partial charge is 0.332 e. The lowest BCUT2D eigenvalue weighted by atomic mass is 10.1. The van der Waals surface area contributed by atoms with Crippen LogP contribution in [-0.2, 0) is 4.79 Å². The van der Waals surface area contributed by atoms with Gasteiger partial charge in [-0.15, -0.1) is 11.8 Å². The number of rotatable bonds is 9. The molecular weight excluding hydrogens is 388 g/mol. The molecule has 1 aliphatic rings. The maximum absolute atomic E-state index is 13.1. The van der Waals surface area contributed by atoms with Gasteiger partial charge in [0.1, 0.15) is 6.04 Å². The van der Waals surface area contributed by atoms with Gasteiger partial charge in [-0.2, -0.15) is 0 Å². The Hall–Kier alpha value is -2.22. The first-order valence-electron chi connectivity index (χ1n) is 10.00. The average molecular weight is 421 g/mol. The van der Waals surface area contributed by atoms with E-state index in [-0.39, 0.29) is 23.9 Å². The summed E-state index contributed by atoms with van der Waals surface area (Å²) in [5.41, 5.74) is 0.626. The fourth-order valence-electron chi connectivity index (χ4n) is 3.32. The number of nitrogens with zero attached hydrogens (tertiary/aromatic N) is 3. The van der Waals surface area contributed by atoms with E-state index in [0.29, 0.717) is 25.2 Å². The molecule has 160 valence electrons. The van der Waals surface area contributed by atoms with Gasteiger partial charge < -0.3 is 15.1 Å². The van der Waals surface area contributed by atoms with Gasteiger partial charge in [-0.1, -0.05) is 19.9 Å². The zero-order valence-electron chi connectivity index (χ0n) is 18.0. The predicted octanol–water partition coefficient (Wildman–Crippen LogP) is 3.64. The van der Waals surface area contributed by atoms with E-state index in [1.165, 1.54) is 9.80 Å². The van der Waals surface area contributed by atoms with E-state index < -0.39 is 6.04 Å². The van der Waals surface area contributed by atoms with Gasteiger partial charge in [0.2, 0.25) is 0 Å². The van der Waals surface area contributed by atoms with Crippen LogP contribution in [0.3, 0.4) is 0 Å². The van der Waals surface area contributed by atoms with E-state index in [0.717, 1.165) is 17.7 Å². The second kappa shape index (κ2) is 10.5. The fourth-order valence-corrected chi connectivity index (χ4v) is 3.77. The molecule has 0 aliphatic carbocycles. The zero-order valence-corrected chi connectivity index (χ0v) is 18.8. The van der Waals surface area contributed by atoms with Crippen molar-refractivity contribution < 1.29 is 14.4 Å². The van der Waals surface area contributed by atoms with Crippen LogP contribution in [0, 0.1) is 5.92 Å². The van der Waals surface area contributed by atoms with Crippen molar-refractivity contribution in [1.29, 1.82) is 0 Å². The Morgan fingerprint density at radius 3 is 2.59 bits per heavy atom. The Bertz CT molecular complexity index is 738. The lowest BCUT2D eigenvalue weighted by molar-refractivity contribution is -0.120. The summed E-state index contributed by atoms with van der Waals surface area (Å²) in [6, 6.07) is 6.70. The van der Waals surface area contributed by atoms with Crippen LogP contribution in [0.5, 0.6) is 0 Å². The van der Waals surface area contributed by atoms with Crippen molar-refractivity contribution in [2.75, 3.05) is 38.3 Å². The van der Waals surface area contributed by atoms with E-state index in [2.05, 4.69) is 5.32 Å². The van der Waals surface area contributed by atoms with E-state index in [9.17, 15) is 14.4 Å². The minimum Gasteiger partial charge on any atom is -0.338 e. The Morgan fingerprint density at radius 1 is 1.24 bits per heavy atom. The number of nitrogens with one attached hydrogen (secondary N) is 1. The average Bonchev–Trinajstić information content (AvgIpc) is 2.90. The van der Waals surface area contributed by atoms with Crippen molar-refractivity contribution in [3.63, 3.8) is 0 Å². The second-order valence-electron chi connectivity index (χ2n) is 7.84. The quantitative estimate of drug-likeness (QED) is 0.376. The fraction of sp³-hybridized carbons (Fsp3) is 0.571. The largest absolute Gasteiger partial charge is 0.338 e. The highest BCUT2D eigenvalue weighted by Crippen LogP contribution is 2.30. The van der Waals surface area contributed by atoms with Gasteiger partial charge in [0.25, 0.3) is 5.91 Å². The number of amides is 5. The molecule has 0 radical (unpaired) electrons. The molecule has 0 bridgehead atoms. The van der Waals surface area contributed by atoms with Crippen molar-refractivity contribution in [2.24, 2.45) is 5.92 Å². The molecule has 0 spiro atoms. The molecule has 8 heteroatoms. The van der Waals surface area contributed by atoms with Gasteiger partial charge in [-0.05, 0) is 49.6 Å². The molecule has 1 aromatic rings. The van der Waals surface area contributed by atoms with Gasteiger partial charge in [0, 0.05) is 32.1 Å². The number of urea groups is 2. The molecule has 1 aliphatic heterocycles. The second-order valence-corrected chi connectivity index (χ2v) is 8.72. The summed E-state index contributed by atoms with van der Waals surface area (Å²) in [7, 11) is 3.39. The number of hydrogen-bond acceptors (Lipinski definition) is 4. The van der Waals surface area contributed by atoms with Crippen LogP contribution in [0.4, 0.5) is 15.3 Å². The number of unbranched alkanes of at least 4 members (excludes halogenated alkanes) is 1. The van der Waals surface area contributed by atoms with Gasteiger partial charge in [0.05, 0.1) is 5.69 Å². The minimum absolute atomic E-state index is 0.126. The molecule has 1 heterocycles. The van der Waals surface area contributed by atoms with Crippen molar-refractivity contribution in [3.8, 4) is 0 Å². The van der Waals surface area contributed by atoms with Crippen molar-refractivity contribution in [3.05, 3.63) is 24.3 Å². The van der Waals surface area contributed by atoms with Gasteiger partial charge >= 0.3 is 12.1 Å². The van der Waals surface area contributed by atoms with Gasteiger partial charge in [-0.25, -0.2) is 14.5 Å². The lowest BCUT2D eigenvalue weighted by Gasteiger charge is -2.23. The van der Waals surface area contributed by atoms with E-state index >= 15 is 0 Å². The summed E-state index contributed by atoms with van der Waals surface area (Å²) in [6.07, 6.45) is 4.07. The lowest BCUT2D eigenvalue weighted by Crippen LogP contribution is -2.38. The summed E-state index contributed by atoms with van der Waals surface area (Å²) >= 11 is 1.58. The van der Waals surface area contributed by atoms with E-state index in [1.54, 1.807) is 30.8 Å². The first kappa shape index (κ1) is 23.1. The van der Waals surface area contributed by atoms with Crippen LogP contribution in [-0.4, -0.2) is 67.3 Å². The molecule has 7 nitrogen and oxygen atoms in total. The molecule has 2 rings (SSSR count). The molecule has 1 saturated heterocycles. The van der Waals surface area contributed by atoms with Crippen molar-refractivity contribution >= 4 is 35.4 Å². The standard InChI is InChI=1S/C21H32N4O3S/c1-15(2)14-24-18(11-6-7-12-22-20(27)23(3)4)19(26)25(21(24)28)16-9-8-10-17(13-16)29-5/h8-10,13,15,18H,6-7,11-12,14H2,1-5H3,(H,22,27)/t18-/m0/s1. The topological polar surface area (TPSA) is 73.0 Å². The van der Waals surface area contributed by atoms with E-state index in [1.807, 2.05) is 44.4 Å². The molecule has 0 unspecified atom stereocenters. The highest BCUT2D eigenvalue weighted by molar-refractivity contribution is 7.98. The molecule has 1 N–H and O–H groups in total. The first-order valence-corrected chi connectivity index (χ1v) is 11.2. The van der Waals surface area contributed by atoms with Crippen molar-refractivity contribution in [2.45, 2.75) is 44.0 Å². The van der Waals surface area contributed by atoms with Gasteiger partial charge in [0.15, 0.2) is 0 Å². The normalized spacial score (nSPS) is 16.7. The number of anilines is 1. The third-order valence-corrected chi connectivity index (χ3v) is 5.50. The molecule has 1 aromatic carbocycles. The van der Waals surface area contributed by atoms with Gasteiger partial charge in [-0.3, -0.25) is 4.79 Å². The third-order valence-electron chi connectivity index (χ3n) is 4.78. The Kier molecular flexibility index (Phi) is 8.37. The maximum atomic E-state index is 13.1. The summed E-state index contributed by atoms with van der Waals surface area (Å²) in [5, 5.41) is 2.83. The van der Waals surface area contributed by atoms with Crippen molar-refractivity contribution in [1.82, 2.24) is 15.1 Å². The Morgan fingerprint density at radius 2 is 1.97 bits per heavy atom. The van der Waals surface area contributed by atoms with Crippen LogP contribution in [0.15, 0.2) is 29.2 Å². The van der Waals surface area contributed by atoms with Crippen LogP contribution >= 0.6 is 11.8 Å². The number of thioether (sulfide) groups is 1. The van der Waals surface area contributed by atoms with Crippen LogP contribution in [0.1, 0.15) is 33.1 Å². The minimum atomic E-state index is -0.451. The Balaban J connectivity index is 2.07. The number of benzene rings is 1. The summed E-state index contributed by atoms with van der Waals surface area (Å²) < 4.78 is 0. The van der Waals surface area contributed by atoms with E-state index in [4.69, 9.17) is 0 Å². The van der Waals surface area contributed by atoms with Crippen LogP contribution in [0.2, 0.25) is 0 Å². The molecule has 1 fully saturated rings. The monoisotopic (exact) mass is 420 g/mol. The zero-order chi connectivity index (χ0) is 21.6. The number of hydrogen-bond donors (Lipinski definition) is 1. The highest BCUT2D eigenvalue weighted by Gasteiger charge is 2.45. The van der Waals surface area contributed by atoms with Crippen LogP contribution < -0.4 is 10.2 Å². The summed E-state index contributed by atoms with van der Waals surface area (Å²) in [4.78, 5) is 43.3. The first-order chi connectivity index (χ1) is 13.8. The number of carbonyl (C=O) groups excluding carboxylic acids is 3. The summed E-state index contributed by atoms with van der Waals surface area (Å²) in [5.74, 6) is 0.109. The molecule has 1 atom stereocenters. The summed E-state index contributed by atoms with van der Waals surface area (Å²) in [6.45, 7) is 5.19. The highest BCUT2D eigenvalue weighted by atomic mass is 32.2. The Labute approximate surface area is 177 Å². The predicted molar refractivity (Wildman–Crippen MR) is 117 cm³/mol. The molecule has 0 saturated carbocycles. The van der Waals surface area contributed by atoms with Crippen LogP contribution in [0.25, 0.3) is 0 Å². The SMILES string of the molecule is CSc1cccc(N2C(=O)[C@H](CCCCNC(=O)N(C)C)N(CC(C)C)C2=O)c1. The third kappa shape index (κ3) is 5.88. The molecule has 5 amide bonds. The number of carbonyl (C=O) groups is 3. The number of imide groups is 1. The maximum Gasteiger partial charge on any atom is 0.332 e. The molecule has 0 aromatic heterocycles. The molecular formula is C21H32N4O3S.